The van der Waals surface area contributed by atoms with E-state index >= 15 is 0 Å². The fraction of sp³-hybridized carbons (Fsp3) is 1.00. The molecule has 1 atom stereocenters. The van der Waals surface area contributed by atoms with Gasteiger partial charge in [0.2, 0.25) is 0 Å². The first kappa shape index (κ1) is 17.4. The first-order valence-corrected chi connectivity index (χ1v) is 9.32. The topological polar surface area (TPSA) is 0 Å². The number of rotatable bonds is 6. The minimum atomic E-state index is -5.55. The van der Waals surface area contributed by atoms with Crippen LogP contribution in [0.1, 0.15) is 19.8 Å². The van der Waals surface area contributed by atoms with Crippen molar-refractivity contribution in [3.05, 3.63) is 0 Å². The van der Waals surface area contributed by atoms with Crippen molar-refractivity contribution in [1.82, 2.24) is 0 Å². The van der Waals surface area contributed by atoms with Crippen molar-refractivity contribution >= 4 is 28.9 Å². The van der Waals surface area contributed by atoms with Crippen molar-refractivity contribution in [2.75, 3.05) is 0 Å². The van der Waals surface area contributed by atoms with Gasteiger partial charge in [-0.2, -0.15) is 13.2 Å². The van der Waals surface area contributed by atoms with Crippen molar-refractivity contribution in [3.8, 4) is 0 Å². The third-order valence-corrected chi connectivity index (χ3v) is 7.09. The average Bonchev–Trinajstić information content (AvgIpc) is 2.14. The molecule has 0 aliphatic rings. The van der Waals surface area contributed by atoms with E-state index in [0.717, 1.165) is 0 Å². The van der Waals surface area contributed by atoms with Crippen LogP contribution >= 0.6 is 22.2 Å². The van der Waals surface area contributed by atoms with Crippen molar-refractivity contribution in [3.63, 3.8) is 0 Å². The van der Waals surface area contributed by atoms with Crippen LogP contribution in [-0.2, 0) is 0 Å². The SMILES string of the molecule is CC[Si](Cl)(Cl)CCCC(F)(F)C(F)C(F)(F)F. The molecular formula is C8H12Cl2F6Si. The van der Waals surface area contributed by atoms with Crippen LogP contribution in [-0.4, -0.2) is 25.0 Å². The lowest BCUT2D eigenvalue weighted by atomic mass is 10.1. The maximum absolute atomic E-state index is 12.8. The Morgan fingerprint density at radius 3 is 1.94 bits per heavy atom. The Balaban J connectivity index is 4.29. The zero-order valence-corrected chi connectivity index (χ0v) is 11.4. The monoisotopic (exact) mass is 320 g/mol. The molecule has 0 spiro atoms. The molecular weight excluding hydrogens is 309 g/mol. The van der Waals surface area contributed by atoms with Gasteiger partial charge in [0.05, 0.1) is 0 Å². The number of halogens is 8. The maximum atomic E-state index is 12.8. The first-order valence-electron chi connectivity index (χ1n) is 4.89. The van der Waals surface area contributed by atoms with Gasteiger partial charge in [-0.05, 0) is 18.5 Å². The summed E-state index contributed by atoms with van der Waals surface area (Å²) in [6, 6.07) is 0.423. The predicted octanol–water partition coefficient (Wildman–Crippen LogP) is 5.24. The van der Waals surface area contributed by atoms with Crippen molar-refractivity contribution in [1.29, 1.82) is 0 Å². The quantitative estimate of drug-likeness (QED) is 0.356. The molecule has 0 saturated carbocycles. The third-order valence-electron chi connectivity index (χ3n) is 2.23. The maximum Gasteiger partial charge on any atom is 0.425 e. The smallest absolute Gasteiger partial charge is 0.231 e. The highest BCUT2D eigenvalue weighted by Crippen LogP contribution is 2.39. The van der Waals surface area contributed by atoms with E-state index in [1.54, 1.807) is 6.92 Å². The van der Waals surface area contributed by atoms with E-state index in [1.807, 2.05) is 0 Å². The molecule has 0 amide bonds. The first-order chi connectivity index (χ1) is 7.42. The summed E-state index contributed by atoms with van der Waals surface area (Å²) < 4.78 is 73.4. The summed E-state index contributed by atoms with van der Waals surface area (Å²) in [6.07, 6.45) is -11.2. The molecule has 0 aliphatic heterocycles. The predicted molar refractivity (Wildman–Crippen MR) is 57.9 cm³/mol. The highest BCUT2D eigenvalue weighted by molar-refractivity contribution is 7.45. The van der Waals surface area contributed by atoms with E-state index in [9.17, 15) is 26.3 Å². The van der Waals surface area contributed by atoms with Crippen LogP contribution in [0.4, 0.5) is 26.3 Å². The van der Waals surface area contributed by atoms with Crippen LogP contribution in [0, 0.1) is 0 Å². The van der Waals surface area contributed by atoms with Gasteiger partial charge in [0.15, 0.2) is 0 Å². The largest absolute Gasteiger partial charge is 0.425 e. The third kappa shape index (κ3) is 6.19. The lowest BCUT2D eigenvalue weighted by Gasteiger charge is -2.23. The molecule has 0 aromatic heterocycles. The molecule has 104 valence electrons. The standard InChI is InChI=1S/C8H12Cl2F6Si/c1-2-17(9,10)5-3-4-7(12,13)6(11)8(14,15)16/h6H,2-5H2,1H3. The molecule has 0 bridgehead atoms. The average molecular weight is 321 g/mol. The highest BCUT2D eigenvalue weighted by Gasteiger charge is 2.56. The molecule has 1 unspecified atom stereocenters. The Kier molecular flexibility index (Phi) is 6.15. The molecule has 0 nitrogen and oxygen atoms in total. The summed E-state index contributed by atoms with van der Waals surface area (Å²) in [5.41, 5.74) is 0. The molecule has 0 fully saturated rings. The molecule has 0 saturated heterocycles. The number of alkyl halides is 6. The van der Waals surface area contributed by atoms with Crippen molar-refractivity contribution < 1.29 is 26.3 Å². The molecule has 0 rings (SSSR count). The Morgan fingerprint density at radius 2 is 1.59 bits per heavy atom. The summed E-state index contributed by atoms with van der Waals surface area (Å²) in [7, 11) is 0. The van der Waals surface area contributed by atoms with Gasteiger partial charge in [-0.25, -0.2) is 13.2 Å². The van der Waals surface area contributed by atoms with Gasteiger partial charge in [-0.15, -0.1) is 22.2 Å². The van der Waals surface area contributed by atoms with Gasteiger partial charge < -0.3 is 0 Å². The molecule has 0 radical (unpaired) electrons. The summed E-state index contributed by atoms with van der Waals surface area (Å²) >= 11 is 11.5. The Hall–Kier alpha value is 0.377. The van der Waals surface area contributed by atoms with Crippen LogP contribution in [0.15, 0.2) is 0 Å². The van der Waals surface area contributed by atoms with Gasteiger partial charge >= 0.3 is 6.18 Å². The van der Waals surface area contributed by atoms with E-state index in [1.165, 1.54) is 0 Å². The molecule has 0 N–H and O–H groups in total. The second-order valence-electron chi connectivity index (χ2n) is 3.73. The molecule has 17 heavy (non-hydrogen) atoms. The van der Waals surface area contributed by atoms with Crippen LogP contribution in [0.5, 0.6) is 0 Å². The molecule has 9 heteroatoms. The second kappa shape index (κ2) is 6.01. The molecule has 0 heterocycles. The van der Waals surface area contributed by atoms with Gasteiger partial charge in [-0.3, -0.25) is 0 Å². The lowest BCUT2D eigenvalue weighted by molar-refractivity contribution is -0.245. The summed E-state index contributed by atoms with van der Waals surface area (Å²) in [4.78, 5) is 0. The lowest BCUT2D eigenvalue weighted by Crippen LogP contribution is -2.41. The van der Waals surface area contributed by atoms with E-state index in [0.29, 0.717) is 6.04 Å². The van der Waals surface area contributed by atoms with Gasteiger partial charge in [0.1, 0.15) is 0 Å². The fourth-order valence-corrected chi connectivity index (χ4v) is 2.98. The van der Waals surface area contributed by atoms with E-state index in [-0.39, 0.29) is 12.5 Å². The van der Waals surface area contributed by atoms with Crippen LogP contribution in [0.2, 0.25) is 12.1 Å². The Morgan fingerprint density at radius 1 is 1.12 bits per heavy atom. The highest BCUT2D eigenvalue weighted by atomic mass is 35.7. The van der Waals surface area contributed by atoms with Crippen LogP contribution < -0.4 is 0 Å². The fourth-order valence-electron chi connectivity index (χ4n) is 1.13. The zero-order valence-electron chi connectivity index (χ0n) is 8.93. The van der Waals surface area contributed by atoms with E-state index in [2.05, 4.69) is 0 Å². The Labute approximate surface area is 106 Å². The summed E-state index contributed by atoms with van der Waals surface area (Å²) in [5, 5.41) is 0. The minimum absolute atomic E-state index is 0.0206. The van der Waals surface area contributed by atoms with E-state index < -0.39 is 31.4 Å². The summed E-state index contributed by atoms with van der Waals surface area (Å²) in [5.74, 6) is -4.43. The van der Waals surface area contributed by atoms with Crippen molar-refractivity contribution in [2.24, 2.45) is 0 Å². The van der Waals surface area contributed by atoms with E-state index in [4.69, 9.17) is 22.2 Å². The number of hydrogen-bond donors (Lipinski definition) is 0. The Bertz CT molecular complexity index is 243. The zero-order chi connectivity index (χ0) is 13.9. The van der Waals surface area contributed by atoms with Crippen LogP contribution in [0.3, 0.4) is 0 Å². The van der Waals surface area contributed by atoms with Gasteiger partial charge in [-0.1, -0.05) is 6.92 Å². The van der Waals surface area contributed by atoms with Gasteiger partial charge in [0, 0.05) is 6.42 Å². The number of hydrogen-bond acceptors (Lipinski definition) is 0. The second-order valence-corrected chi connectivity index (χ2v) is 11.6. The molecule has 0 aliphatic carbocycles. The molecule has 0 aromatic rings. The van der Waals surface area contributed by atoms with Crippen molar-refractivity contribution in [2.45, 2.75) is 50.1 Å². The summed E-state index contributed by atoms with van der Waals surface area (Å²) in [6.45, 7) is -0.986. The van der Waals surface area contributed by atoms with Crippen LogP contribution in [0.25, 0.3) is 0 Å². The normalized spacial score (nSPS) is 16.1. The molecule has 0 aromatic carbocycles. The minimum Gasteiger partial charge on any atom is -0.231 e. The van der Waals surface area contributed by atoms with Gasteiger partial charge in [0.25, 0.3) is 18.8 Å².